The average Bonchev–Trinajstić information content (AvgIpc) is 3.32. The van der Waals surface area contributed by atoms with Crippen molar-refractivity contribution in [1.29, 1.82) is 0 Å². The highest BCUT2D eigenvalue weighted by Crippen LogP contribution is 2.26. The van der Waals surface area contributed by atoms with Crippen LogP contribution in [-0.2, 0) is 38.3 Å². The van der Waals surface area contributed by atoms with Gasteiger partial charge in [-0.15, -0.1) is 0 Å². The Kier molecular flexibility index (Phi) is 45.6. The van der Waals surface area contributed by atoms with Crippen molar-refractivity contribution >= 4 is 16.4 Å². The van der Waals surface area contributed by atoms with Crippen molar-refractivity contribution in [3.8, 4) is 0 Å². The predicted octanol–water partition coefficient (Wildman–Crippen LogP) is 14.1. The van der Waals surface area contributed by atoms with Crippen LogP contribution in [0.3, 0.4) is 0 Å². The van der Waals surface area contributed by atoms with Gasteiger partial charge in [-0.3, -0.25) is 9.35 Å². The van der Waals surface area contributed by atoms with E-state index in [1.807, 2.05) is 0 Å². The summed E-state index contributed by atoms with van der Waals surface area (Å²) in [5.74, 6) is -0.392. The largest absolute Gasteiger partial charge is 0.457 e. The summed E-state index contributed by atoms with van der Waals surface area (Å²) in [7, 11) is -5.06. The van der Waals surface area contributed by atoms with Crippen molar-refractivity contribution in [2.75, 3.05) is 26.4 Å². The van der Waals surface area contributed by atoms with Gasteiger partial charge in [0, 0.05) is 13.0 Å². The Morgan fingerprint density at radius 2 is 0.913 bits per heavy atom. The number of ether oxygens (including phenoxy) is 4. The number of hydrogen-bond acceptors (Lipinski definition) is 11. The van der Waals surface area contributed by atoms with E-state index in [0.29, 0.717) is 13.0 Å². The second kappa shape index (κ2) is 47.8. The summed E-state index contributed by atoms with van der Waals surface area (Å²) in [5.41, 5.74) is 0. The van der Waals surface area contributed by atoms with Gasteiger partial charge in [-0.1, -0.05) is 244 Å². The zero-order chi connectivity index (χ0) is 50.3. The molecule has 1 aliphatic rings. The van der Waals surface area contributed by atoms with Crippen LogP contribution in [0.1, 0.15) is 277 Å². The minimum atomic E-state index is -5.06. The van der Waals surface area contributed by atoms with Crippen LogP contribution < -0.4 is 0 Å². The van der Waals surface area contributed by atoms with Crippen molar-refractivity contribution in [2.24, 2.45) is 0 Å². The third-order valence-electron chi connectivity index (χ3n) is 13.6. The zero-order valence-electron chi connectivity index (χ0n) is 44.4. The molecular weight excluding hydrogens is 897 g/mol. The first kappa shape index (κ1) is 65.9. The van der Waals surface area contributed by atoms with Crippen LogP contribution in [0.5, 0.6) is 0 Å². The van der Waals surface area contributed by atoms with Crippen LogP contribution in [-0.4, -0.2) is 97.5 Å². The van der Waals surface area contributed by atoms with Gasteiger partial charge in [0.05, 0.1) is 19.8 Å². The monoisotopic (exact) mass is 1000 g/mol. The standard InChI is InChI=1S/C56H108O12S/c1-3-5-7-9-11-13-15-17-19-21-23-25-26-28-30-32-34-36-38-40-42-44-46-64-48-50(49-65-56-54(60)55(68-69(61,62)63)53(59)51(47-57)67-56)66-52(58)45-43-41-39-37-35-33-31-29-27-24-22-20-18-16-14-12-10-8-6-4-2/h21,23,50-51,53-57,59-60H,3-20,22,24-49H2,1-2H3,(H,61,62,63)/b23-21-. The van der Waals surface area contributed by atoms with E-state index >= 15 is 0 Å². The van der Waals surface area contributed by atoms with E-state index in [1.54, 1.807) is 0 Å². The zero-order valence-corrected chi connectivity index (χ0v) is 45.2. The lowest BCUT2D eigenvalue weighted by Crippen LogP contribution is -2.60. The van der Waals surface area contributed by atoms with Gasteiger partial charge >= 0.3 is 16.4 Å². The summed E-state index contributed by atoms with van der Waals surface area (Å²) in [5, 5.41) is 30.8. The minimum Gasteiger partial charge on any atom is -0.457 e. The first-order valence-electron chi connectivity index (χ1n) is 28.9. The van der Waals surface area contributed by atoms with Gasteiger partial charge in [0.25, 0.3) is 0 Å². The third kappa shape index (κ3) is 40.9. The molecule has 0 aliphatic carbocycles. The number of carbonyl (C=O) groups is 1. The maximum Gasteiger partial charge on any atom is 0.397 e. The molecule has 1 saturated heterocycles. The predicted molar refractivity (Wildman–Crippen MR) is 281 cm³/mol. The SMILES string of the molecule is CCCCCCCCCC/C=C\CCCCCCCCCCCCOCC(COC1OC(CO)C(O)C(OS(=O)(=O)O)C1O)OC(=O)CCCCCCCCCCCCCCCCCCCCCC. The molecule has 1 heterocycles. The quantitative estimate of drug-likeness (QED) is 0.0196. The summed E-state index contributed by atoms with van der Waals surface area (Å²) in [4.78, 5) is 13.0. The molecule has 1 rings (SSSR count). The highest BCUT2D eigenvalue weighted by Gasteiger charge is 2.48. The lowest BCUT2D eigenvalue weighted by Gasteiger charge is -2.41. The number of allylic oxidation sites excluding steroid dienone is 2. The van der Waals surface area contributed by atoms with E-state index < -0.39 is 59.8 Å². The molecular formula is C56H108O12S. The Bertz CT molecular complexity index is 1250. The molecule has 1 fully saturated rings. The Hall–Kier alpha value is -1.16. The van der Waals surface area contributed by atoms with E-state index in [4.69, 9.17) is 18.9 Å². The summed E-state index contributed by atoms with van der Waals surface area (Å²) in [6.45, 7) is 4.06. The summed E-state index contributed by atoms with van der Waals surface area (Å²) in [6.07, 6.45) is 46.8. The fourth-order valence-corrected chi connectivity index (χ4v) is 9.77. The maximum absolute atomic E-state index is 13.0. The van der Waals surface area contributed by atoms with E-state index in [-0.39, 0.29) is 19.6 Å². The number of esters is 1. The third-order valence-corrected chi connectivity index (χ3v) is 14.1. The lowest BCUT2D eigenvalue weighted by molar-refractivity contribution is -0.301. The number of rotatable bonds is 52. The molecule has 0 saturated carbocycles. The molecule has 0 radical (unpaired) electrons. The Labute approximate surface area is 423 Å². The van der Waals surface area contributed by atoms with Gasteiger partial charge in [-0.05, 0) is 38.5 Å². The molecule has 0 amide bonds. The van der Waals surface area contributed by atoms with E-state index in [0.717, 1.165) is 38.5 Å². The number of aliphatic hydroxyl groups is 3. The van der Waals surface area contributed by atoms with Gasteiger partial charge in [0.15, 0.2) is 6.29 Å². The van der Waals surface area contributed by atoms with Crippen molar-refractivity contribution in [1.82, 2.24) is 0 Å². The van der Waals surface area contributed by atoms with Gasteiger partial charge in [-0.25, -0.2) is 4.18 Å². The van der Waals surface area contributed by atoms with Gasteiger partial charge in [-0.2, -0.15) is 8.42 Å². The molecule has 0 aromatic carbocycles. The first-order valence-corrected chi connectivity index (χ1v) is 30.3. The smallest absolute Gasteiger partial charge is 0.397 e. The van der Waals surface area contributed by atoms with Crippen molar-refractivity contribution < 1.29 is 56.2 Å². The second-order valence-corrected chi connectivity index (χ2v) is 21.3. The van der Waals surface area contributed by atoms with E-state index in [2.05, 4.69) is 30.2 Å². The highest BCUT2D eigenvalue weighted by atomic mass is 32.3. The van der Waals surface area contributed by atoms with Gasteiger partial charge in [0.2, 0.25) is 0 Å². The fourth-order valence-electron chi connectivity index (χ4n) is 9.26. The average molecular weight is 1010 g/mol. The molecule has 0 bridgehead atoms. The second-order valence-electron chi connectivity index (χ2n) is 20.2. The number of hydrogen-bond donors (Lipinski definition) is 4. The normalized spacial score (nSPS) is 19.2. The maximum atomic E-state index is 13.0. The van der Waals surface area contributed by atoms with Crippen LogP contribution in [0, 0.1) is 0 Å². The van der Waals surface area contributed by atoms with Crippen molar-refractivity contribution in [3.63, 3.8) is 0 Å². The summed E-state index contributed by atoms with van der Waals surface area (Å²) < 4.78 is 59.4. The summed E-state index contributed by atoms with van der Waals surface area (Å²) in [6, 6.07) is 0. The molecule has 0 aromatic heterocycles. The fraction of sp³-hybridized carbons (Fsp3) is 0.946. The Balaban J connectivity index is 2.29. The Morgan fingerprint density at radius 1 is 0.536 bits per heavy atom. The van der Waals surface area contributed by atoms with Crippen LogP contribution in [0.15, 0.2) is 12.2 Å². The molecule has 12 nitrogen and oxygen atoms in total. The summed E-state index contributed by atoms with van der Waals surface area (Å²) >= 11 is 0. The molecule has 69 heavy (non-hydrogen) atoms. The molecule has 1 aliphatic heterocycles. The van der Waals surface area contributed by atoms with Crippen molar-refractivity contribution in [2.45, 2.75) is 314 Å². The molecule has 410 valence electrons. The van der Waals surface area contributed by atoms with E-state index in [1.165, 1.54) is 212 Å². The molecule has 0 spiro atoms. The van der Waals surface area contributed by atoms with Crippen LogP contribution in [0.2, 0.25) is 0 Å². The highest BCUT2D eigenvalue weighted by molar-refractivity contribution is 7.80. The number of unbranched alkanes of at least 4 members (excludes halogenated alkanes) is 37. The van der Waals surface area contributed by atoms with Gasteiger partial charge < -0.3 is 34.3 Å². The van der Waals surface area contributed by atoms with Gasteiger partial charge in [0.1, 0.15) is 30.5 Å². The van der Waals surface area contributed by atoms with Crippen molar-refractivity contribution in [3.05, 3.63) is 12.2 Å². The molecule has 0 aromatic rings. The molecule has 6 atom stereocenters. The number of aliphatic hydroxyl groups excluding tert-OH is 3. The first-order chi connectivity index (χ1) is 33.6. The van der Waals surface area contributed by atoms with Crippen LogP contribution in [0.4, 0.5) is 0 Å². The van der Waals surface area contributed by atoms with E-state index in [9.17, 15) is 33.1 Å². The molecule has 13 heteroatoms. The minimum absolute atomic E-state index is 0.0415. The van der Waals surface area contributed by atoms with Crippen LogP contribution >= 0.6 is 0 Å². The lowest BCUT2D eigenvalue weighted by atomic mass is 9.99. The molecule has 4 N–H and O–H groups in total. The van der Waals surface area contributed by atoms with Crippen LogP contribution in [0.25, 0.3) is 0 Å². The molecule has 6 unspecified atom stereocenters. The topological polar surface area (TPSA) is 178 Å². The Morgan fingerprint density at radius 3 is 1.30 bits per heavy atom. The number of carbonyl (C=O) groups excluding carboxylic acids is 1.